The molecule has 2 amide bonds. The Morgan fingerprint density at radius 1 is 0.931 bits per heavy atom. The second kappa shape index (κ2) is 8.79. The van der Waals surface area contributed by atoms with Crippen LogP contribution in [0.5, 0.6) is 0 Å². The summed E-state index contributed by atoms with van der Waals surface area (Å²) < 4.78 is 32.2. The van der Waals surface area contributed by atoms with Gasteiger partial charge in [-0.25, -0.2) is 18.6 Å². The van der Waals surface area contributed by atoms with Gasteiger partial charge in [0.25, 0.3) is 5.91 Å². The quantitative estimate of drug-likeness (QED) is 0.587. The Balaban J connectivity index is 1.82. The van der Waals surface area contributed by atoms with Crippen molar-refractivity contribution in [3.05, 3.63) is 78.0 Å². The first-order valence-electron chi connectivity index (χ1n) is 8.40. The summed E-state index contributed by atoms with van der Waals surface area (Å²) in [6.07, 6.45) is 0.604. The first-order chi connectivity index (χ1) is 14.0. The third kappa shape index (κ3) is 4.83. The Morgan fingerprint density at radius 3 is 2.45 bits per heavy atom. The summed E-state index contributed by atoms with van der Waals surface area (Å²) in [6.45, 7) is 0. The lowest BCUT2D eigenvalue weighted by Gasteiger charge is -2.13. The molecule has 0 spiro atoms. The Kier molecular flexibility index (Phi) is 5.98. The van der Waals surface area contributed by atoms with Crippen molar-refractivity contribution in [2.75, 3.05) is 23.1 Å². The second-order valence-electron chi connectivity index (χ2n) is 5.77. The molecule has 0 radical (unpaired) electrons. The Labute approximate surface area is 164 Å². The summed E-state index contributed by atoms with van der Waals surface area (Å²) in [4.78, 5) is 28.1. The largest absolute Gasteiger partial charge is 0.453 e. The molecule has 0 saturated carbocycles. The molecule has 0 fully saturated rings. The molecular weight excluding hydrogens is 382 g/mol. The van der Waals surface area contributed by atoms with E-state index in [0.717, 1.165) is 13.2 Å². The molecular formula is C20H16F2N4O3. The van der Waals surface area contributed by atoms with Crippen LogP contribution in [-0.2, 0) is 4.74 Å². The maximum Gasteiger partial charge on any atom is 0.411 e. The highest BCUT2D eigenvalue weighted by atomic mass is 19.1. The van der Waals surface area contributed by atoms with Gasteiger partial charge in [0.05, 0.1) is 24.0 Å². The van der Waals surface area contributed by atoms with Crippen molar-refractivity contribution >= 4 is 34.9 Å². The predicted octanol–water partition coefficient (Wildman–Crippen LogP) is 4.53. The van der Waals surface area contributed by atoms with E-state index < -0.39 is 23.6 Å². The topological polar surface area (TPSA) is 92.4 Å². The fourth-order valence-electron chi connectivity index (χ4n) is 2.44. The number of halogens is 2. The molecule has 29 heavy (non-hydrogen) atoms. The summed E-state index contributed by atoms with van der Waals surface area (Å²) in [7, 11) is 1.14. The van der Waals surface area contributed by atoms with Crippen molar-refractivity contribution in [2.45, 2.75) is 0 Å². The van der Waals surface area contributed by atoms with E-state index in [2.05, 4.69) is 25.7 Å². The molecule has 0 aliphatic rings. The summed E-state index contributed by atoms with van der Waals surface area (Å²) in [5, 5.41) is 7.58. The van der Waals surface area contributed by atoms with Crippen molar-refractivity contribution in [2.24, 2.45) is 0 Å². The van der Waals surface area contributed by atoms with E-state index in [1.807, 2.05) is 0 Å². The van der Waals surface area contributed by atoms with Gasteiger partial charge in [-0.05, 0) is 42.5 Å². The maximum absolute atomic E-state index is 13.9. The molecule has 7 nitrogen and oxygen atoms in total. The van der Waals surface area contributed by atoms with Crippen molar-refractivity contribution in [3.63, 3.8) is 0 Å². The first-order valence-corrected chi connectivity index (χ1v) is 8.40. The van der Waals surface area contributed by atoms with Crippen molar-refractivity contribution in [3.8, 4) is 0 Å². The van der Waals surface area contributed by atoms with E-state index in [1.54, 1.807) is 18.2 Å². The van der Waals surface area contributed by atoms with Gasteiger partial charge in [-0.3, -0.25) is 10.1 Å². The van der Waals surface area contributed by atoms with Crippen molar-refractivity contribution < 1.29 is 23.1 Å². The monoisotopic (exact) mass is 398 g/mol. The van der Waals surface area contributed by atoms with Crippen LogP contribution in [0.1, 0.15) is 10.4 Å². The van der Waals surface area contributed by atoms with Gasteiger partial charge >= 0.3 is 6.09 Å². The molecule has 2 aromatic carbocycles. The zero-order chi connectivity index (χ0) is 20.8. The molecule has 9 heteroatoms. The number of methoxy groups -OCH3 is 1. The van der Waals surface area contributed by atoms with Crippen molar-refractivity contribution in [1.29, 1.82) is 0 Å². The number of pyridine rings is 1. The zero-order valence-corrected chi connectivity index (χ0v) is 15.2. The standard InChI is InChI=1S/C20H16F2N4O3/c1-29-20(28)26-17-11-12(8-9-15(17)22)24-19(27)13-5-4-10-23-18(13)25-16-7-3-2-6-14(16)21/h2-11H,1H3,(H,23,25)(H,24,27)(H,26,28). The Hall–Kier alpha value is -4.01. The van der Waals surface area contributed by atoms with Crippen LogP contribution < -0.4 is 16.0 Å². The number of hydrogen-bond acceptors (Lipinski definition) is 5. The number of carbonyl (C=O) groups is 2. The number of anilines is 4. The number of hydrogen-bond donors (Lipinski definition) is 3. The number of nitrogens with zero attached hydrogens (tertiary/aromatic N) is 1. The van der Waals surface area contributed by atoms with Gasteiger partial charge in [0.1, 0.15) is 17.5 Å². The van der Waals surface area contributed by atoms with Crippen LogP contribution in [0, 0.1) is 11.6 Å². The molecule has 0 unspecified atom stereocenters. The van der Waals surface area contributed by atoms with Crippen LogP contribution in [0.3, 0.4) is 0 Å². The fourth-order valence-corrected chi connectivity index (χ4v) is 2.44. The van der Waals surface area contributed by atoms with Gasteiger partial charge in [-0.2, -0.15) is 0 Å². The minimum absolute atomic E-state index is 0.141. The lowest BCUT2D eigenvalue weighted by Crippen LogP contribution is -2.16. The maximum atomic E-state index is 13.9. The SMILES string of the molecule is COC(=O)Nc1cc(NC(=O)c2cccnc2Nc2ccccc2F)ccc1F. The van der Waals surface area contributed by atoms with E-state index in [-0.39, 0.29) is 28.4 Å². The molecule has 1 heterocycles. The van der Waals surface area contributed by atoms with Crippen LogP contribution in [0.25, 0.3) is 0 Å². The van der Waals surface area contributed by atoms with Gasteiger partial charge in [-0.1, -0.05) is 12.1 Å². The van der Waals surface area contributed by atoms with Crippen LogP contribution in [0.2, 0.25) is 0 Å². The molecule has 148 valence electrons. The Morgan fingerprint density at radius 2 is 1.69 bits per heavy atom. The van der Waals surface area contributed by atoms with Crippen LogP contribution in [-0.4, -0.2) is 24.1 Å². The number of carbonyl (C=O) groups excluding carboxylic acids is 2. The molecule has 3 rings (SSSR count). The number of benzene rings is 2. The normalized spacial score (nSPS) is 10.2. The van der Waals surface area contributed by atoms with Crippen molar-refractivity contribution in [1.82, 2.24) is 4.98 Å². The molecule has 0 aliphatic carbocycles. The van der Waals surface area contributed by atoms with E-state index in [0.29, 0.717) is 0 Å². The van der Waals surface area contributed by atoms with Crippen LogP contribution in [0.4, 0.5) is 36.5 Å². The highest BCUT2D eigenvalue weighted by molar-refractivity contribution is 6.08. The number of ether oxygens (including phenoxy) is 1. The molecule has 0 aliphatic heterocycles. The van der Waals surface area contributed by atoms with E-state index >= 15 is 0 Å². The zero-order valence-electron chi connectivity index (χ0n) is 15.2. The molecule has 0 atom stereocenters. The van der Waals surface area contributed by atoms with Crippen LogP contribution >= 0.6 is 0 Å². The average molecular weight is 398 g/mol. The lowest BCUT2D eigenvalue weighted by molar-refractivity contribution is 0.102. The molecule has 1 aromatic heterocycles. The number of amides is 2. The second-order valence-corrected chi connectivity index (χ2v) is 5.77. The highest BCUT2D eigenvalue weighted by Gasteiger charge is 2.15. The fraction of sp³-hybridized carbons (Fsp3) is 0.0500. The summed E-state index contributed by atoms with van der Waals surface area (Å²) >= 11 is 0. The Bertz CT molecular complexity index is 1060. The number of para-hydroxylation sites is 1. The smallest absolute Gasteiger partial charge is 0.411 e. The van der Waals surface area contributed by atoms with E-state index in [4.69, 9.17) is 0 Å². The molecule has 3 aromatic rings. The van der Waals surface area contributed by atoms with Gasteiger partial charge in [0.15, 0.2) is 0 Å². The van der Waals surface area contributed by atoms with Gasteiger partial charge < -0.3 is 15.4 Å². The van der Waals surface area contributed by atoms with Gasteiger partial charge in [0, 0.05) is 11.9 Å². The van der Waals surface area contributed by atoms with Gasteiger partial charge in [-0.15, -0.1) is 0 Å². The van der Waals surface area contributed by atoms with E-state index in [1.165, 1.54) is 36.5 Å². The first kappa shape index (κ1) is 19.7. The van der Waals surface area contributed by atoms with E-state index in [9.17, 15) is 18.4 Å². The summed E-state index contributed by atoms with van der Waals surface area (Å²) in [6, 6.07) is 12.7. The van der Waals surface area contributed by atoms with Crippen LogP contribution in [0.15, 0.2) is 60.8 Å². The lowest BCUT2D eigenvalue weighted by atomic mass is 10.2. The summed E-state index contributed by atoms with van der Waals surface area (Å²) in [5.74, 6) is -1.61. The molecule has 3 N–H and O–H groups in total. The third-order valence-corrected chi connectivity index (χ3v) is 3.83. The third-order valence-electron chi connectivity index (χ3n) is 3.83. The number of rotatable bonds is 5. The summed E-state index contributed by atoms with van der Waals surface area (Å²) in [5.41, 5.74) is 0.364. The minimum Gasteiger partial charge on any atom is -0.453 e. The van der Waals surface area contributed by atoms with Gasteiger partial charge in [0.2, 0.25) is 0 Å². The molecule has 0 bridgehead atoms. The minimum atomic E-state index is -0.851. The number of nitrogens with one attached hydrogen (secondary N) is 3. The average Bonchev–Trinajstić information content (AvgIpc) is 2.72. The molecule has 0 saturated heterocycles. The highest BCUT2D eigenvalue weighted by Crippen LogP contribution is 2.24. The predicted molar refractivity (Wildman–Crippen MR) is 104 cm³/mol. The number of aromatic nitrogens is 1.